The summed E-state index contributed by atoms with van der Waals surface area (Å²) >= 11 is 0. The topological polar surface area (TPSA) is 82.1 Å². The summed E-state index contributed by atoms with van der Waals surface area (Å²) < 4.78 is 43.5. The summed E-state index contributed by atoms with van der Waals surface area (Å²) in [5.74, 6) is 0.578. The van der Waals surface area contributed by atoms with Crippen LogP contribution in [-0.4, -0.2) is 43.7 Å². The van der Waals surface area contributed by atoms with Crippen molar-refractivity contribution in [3.63, 3.8) is 0 Å². The molecule has 0 N–H and O–H groups in total. The van der Waals surface area contributed by atoms with Gasteiger partial charge in [0.15, 0.2) is 6.10 Å². The molecule has 2 aromatic carbocycles. The molecule has 1 aliphatic rings. The van der Waals surface area contributed by atoms with Gasteiger partial charge >= 0.3 is 5.97 Å². The molecular weight excluding hydrogens is 406 g/mol. The van der Waals surface area contributed by atoms with Gasteiger partial charge in [0, 0.05) is 19.5 Å². The monoisotopic (exact) mass is 433 g/mol. The minimum atomic E-state index is -3.59. The Bertz CT molecular complexity index is 1020. The Kier molecular flexibility index (Phi) is 6.10. The van der Waals surface area contributed by atoms with Gasteiger partial charge in [0.25, 0.3) is 0 Å². The van der Waals surface area contributed by atoms with Crippen LogP contribution in [0.5, 0.6) is 11.5 Å². The van der Waals surface area contributed by atoms with Gasteiger partial charge in [-0.15, -0.1) is 0 Å². The Balaban J connectivity index is 2.01. The second kappa shape index (κ2) is 8.28. The summed E-state index contributed by atoms with van der Waals surface area (Å²) in [6, 6.07) is 14.2. The first-order chi connectivity index (χ1) is 14.0. The zero-order chi connectivity index (χ0) is 22.1. The summed E-state index contributed by atoms with van der Waals surface area (Å²) in [5.41, 5.74) is 0.656. The first-order valence-electron chi connectivity index (χ1n) is 9.59. The van der Waals surface area contributed by atoms with Crippen LogP contribution in [0.15, 0.2) is 48.5 Å². The van der Waals surface area contributed by atoms with Crippen molar-refractivity contribution in [3.8, 4) is 11.5 Å². The molecule has 0 amide bonds. The number of nitrogens with zero attached hydrogens (tertiary/aromatic N) is 1. The third-order valence-corrected chi connectivity index (χ3v) is 6.37. The minimum Gasteiger partial charge on any atom is -0.489 e. The molecule has 8 heteroatoms. The van der Waals surface area contributed by atoms with Crippen LogP contribution in [-0.2, 0) is 26.2 Å². The van der Waals surface area contributed by atoms with Gasteiger partial charge in [0.05, 0.1) is 12.3 Å². The molecule has 0 aliphatic carbocycles. The Labute approximate surface area is 177 Å². The molecule has 162 valence electrons. The molecule has 3 rings (SSSR count). The third-order valence-electron chi connectivity index (χ3n) is 5.10. The molecule has 2 atom stereocenters. The Hall–Kier alpha value is -2.58. The molecule has 30 heavy (non-hydrogen) atoms. The lowest BCUT2D eigenvalue weighted by atomic mass is 9.86. The quantitative estimate of drug-likeness (QED) is 0.650. The number of esters is 1. The Morgan fingerprint density at radius 3 is 2.43 bits per heavy atom. The van der Waals surface area contributed by atoms with Crippen LogP contribution in [0.4, 0.5) is 0 Å². The largest absolute Gasteiger partial charge is 0.489 e. The summed E-state index contributed by atoms with van der Waals surface area (Å²) in [7, 11) is -2.12. The maximum Gasteiger partial charge on any atom is 0.303 e. The van der Waals surface area contributed by atoms with Gasteiger partial charge < -0.3 is 14.2 Å². The number of hydrogen-bond acceptors (Lipinski definition) is 6. The number of rotatable bonds is 6. The first kappa shape index (κ1) is 22.1. The van der Waals surface area contributed by atoms with E-state index in [4.69, 9.17) is 14.2 Å². The van der Waals surface area contributed by atoms with Crippen molar-refractivity contribution in [3.05, 3.63) is 59.7 Å². The molecule has 0 radical (unpaired) electrons. The van der Waals surface area contributed by atoms with E-state index in [-0.39, 0.29) is 0 Å². The van der Waals surface area contributed by atoms with Gasteiger partial charge in [-0.3, -0.25) is 4.79 Å². The van der Waals surface area contributed by atoms with Gasteiger partial charge in [-0.2, -0.15) is 4.31 Å². The van der Waals surface area contributed by atoms with Crippen LogP contribution < -0.4 is 9.47 Å². The fraction of sp³-hybridized carbons (Fsp3) is 0.409. The van der Waals surface area contributed by atoms with Crippen LogP contribution in [0.3, 0.4) is 0 Å². The van der Waals surface area contributed by atoms with Gasteiger partial charge in [-0.1, -0.05) is 30.3 Å². The lowest BCUT2D eigenvalue weighted by Crippen LogP contribution is -2.55. The number of carbonyl (C=O) groups excluding carboxylic acids is 1. The number of benzene rings is 2. The van der Waals surface area contributed by atoms with Gasteiger partial charge in [0.2, 0.25) is 10.0 Å². The minimum absolute atomic E-state index is 0.367. The molecule has 0 saturated carbocycles. The molecule has 1 aliphatic heterocycles. The van der Waals surface area contributed by atoms with Gasteiger partial charge in [-0.05, 0) is 37.6 Å². The van der Waals surface area contributed by atoms with Crippen LogP contribution in [0, 0.1) is 0 Å². The summed E-state index contributed by atoms with van der Waals surface area (Å²) in [6.45, 7) is 5.20. The predicted molar refractivity (Wildman–Crippen MR) is 113 cm³/mol. The maximum atomic E-state index is 12.4. The predicted octanol–water partition coefficient (Wildman–Crippen LogP) is 3.30. The zero-order valence-electron chi connectivity index (χ0n) is 17.8. The fourth-order valence-corrected chi connectivity index (χ4v) is 4.18. The summed E-state index contributed by atoms with van der Waals surface area (Å²) in [4.78, 5) is 11.8. The SMILES string of the molecule is CC(=O)O[C@H]1[C@H](N(C)S(C)(=O)=O)c2cc(OCc3ccccc3)ccc2OC1(C)C. The Morgan fingerprint density at radius 2 is 1.83 bits per heavy atom. The normalized spacial score (nSPS) is 20.2. The van der Waals surface area contributed by atoms with E-state index in [1.807, 2.05) is 30.3 Å². The number of ether oxygens (including phenoxy) is 3. The average Bonchev–Trinajstić information content (AvgIpc) is 2.66. The second-order valence-electron chi connectivity index (χ2n) is 7.93. The van der Waals surface area contributed by atoms with Crippen molar-refractivity contribution < 1.29 is 27.4 Å². The van der Waals surface area contributed by atoms with E-state index < -0.39 is 33.7 Å². The zero-order valence-corrected chi connectivity index (χ0v) is 18.6. The highest BCUT2D eigenvalue weighted by Gasteiger charge is 2.49. The van der Waals surface area contributed by atoms with E-state index >= 15 is 0 Å². The number of sulfonamides is 1. The average molecular weight is 434 g/mol. The molecule has 0 bridgehead atoms. The lowest BCUT2D eigenvalue weighted by molar-refractivity contribution is -0.165. The summed E-state index contributed by atoms with van der Waals surface area (Å²) in [5, 5.41) is 0. The molecule has 0 saturated heterocycles. The molecule has 0 spiro atoms. The van der Waals surface area contributed by atoms with Gasteiger partial charge in [-0.25, -0.2) is 8.42 Å². The van der Waals surface area contributed by atoms with Crippen LogP contribution in [0.1, 0.15) is 37.9 Å². The second-order valence-corrected chi connectivity index (χ2v) is 9.98. The van der Waals surface area contributed by atoms with Crippen molar-refractivity contribution >= 4 is 16.0 Å². The van der Waals surface area contributed by atoms with Crippen LogP contribution in [0.25, 0.3) is 0 Å². The molecule has 0 unspecified atom stereocenters. The molecular formula is C22H27NO6S. The molecule has 2 aromatic rings. The van der Waals surface area contributed by atoms with Crippen LogP contribution >= 0.6 is 0 Å². The van der Waals surface area contributed by atoms with Crippen LogP contribution in [0.2, 0.25) is 0 Å². The van der Waals surface area contributed by atoms with Gasteiger partial charge in [0.1, 0.15) is 23.7 Å². The van der Waals surface area contributed by atoms with Crippen molar-refractivity contribution in [1.82, 2.24) is 4.31 Å². The summed E-state index contributed by atoms with van der Waals surface area (Å²) in [6.07, 6.45) is 0.280. The van der Waals surface area contributed by atoms with Crippen molar-refractivity contribution in [2.24, 2.45) is 0 Å². The number of likely N-dealkylation sites (N-methyl/N-ethyl adjacent to an activating group) is 1. The number of fused-ring (bicyclic) bond motifs is 1. The first-order valence-corrected chi connectivity index (χ1v) is 11.4. The fourth-order valence-electron chi connectivity index (χ4n) is 3.54. The molecule has 0 fully saturated rings. The third kappa shape index (κ3) is 4.76. The van der Waals surface area contributed by atoms with E-state index in [0.29, 0.717) is 23.7 Å². The highest BCUT2D eigenvalue weighted by Crippen LogP contribution is 2.46. The van der Waals surface area contributed by atoms with Crippen molar-refractivity contribution in [2.75, 3.05) is 13.3 Å². The Morgan fingerprint density at radius 1 is 1.17 bits per heavy atom. The molecule has 0 aromatic heterocycles. The van der Waals surface area contributed by atoms with Crippen molar-refractivity contribution in [1.29, 1.82) is 0 Å². The number of hydrogen-bond donors (Lipinski definition) is 0. The smallest absolute Gasteiger partial charge is 0.303 e. The standard InChI is InChI=1S/C22H27NO6S/c1-15(24)28-21-20(23(4)30(5,25)26)18-13-17(11-12-19(18)29-22(21,2)3)27-14-16-9-7-6-8-10-16/h6-13,20-21H,14H2,1-5H3/t20-,21+/m1/s1. The highest BCUT2D eigenvalue weighted by molar-refractivity contribution is 7.88. The maximum absolute atomic E-state index is 12.4. The molecule has 1 heterocycles. The number of carbonyl (C=O) groups is 1. The van der Waals surface area contributed by atoms with E-state index in [0.717, 1.165) is 11.8 Å². The van der Waals surface area contributed by atoms with E-state index in [2.05, 4.69) is 0 Å². The lowest BCUT2D eigenvalue weighted by Gasteiger charge is -2.46. The van der Waals surface area contributed by atoms with E-state index in [9.17, 15) is 13.2 Å². The van der Waals surface area contributed by atoms with E-state index in [1.165, 1.54) is 18.3 Å². The highest BCUT2D eigenvalue weighted by atomic mass is 32.2. The molecule has 7 nitrogen and oxygen atoms in total. The van der Waals surface area contributed by atoms with E-state index in [1.54, 1.807) is 32.0 Å². The van der Waals surface area contributed by atoms with Crippen molar-refractivity contribution in [2.45, 2.75) is 45.1 Å².